The molecular formula is C13H24N4O. The lowest BCUT2D eigenvalue weighted by Gasteiger charge is -2.27. The molecule has 0 radical (unpaired) electrons. The van der Waals surface area contributed by atoms with E-state index < -0.39 is 0 Å². The molecule has 0 spiro atoms. The molecule has 0 aliphatic rings. The SMILES string of the molecule is CC(Cn1cccn1)NC(=O)CC(N)C(C)(C)C. The highest BCUT2D eigenvalue weighted by Crippen LogP contribution is 2.19. The average Bonchev–Trinajstić information content (AvgIpc) is 2.67. The van der Waals surface area contributed by atoms with Gasteiger partial charge in [0.1, 0.15) is 0 Å². The summed E-state index contributed by atoms with van der Waals surface area (Å²) in [6, 6.07) is 1.78. The second-order valence-electron chi connectivity index (χ2n) is 5.87. The van der Waals surface area contributed by atoms with E-state index in [-0.39, 0.29) is 23.4 Å². The summed E-state index contributed by atoms with van der Waals surface area (Å²) < 4.78 is 1.80. The van der Waals surface area contributed by atoms with E-state index in [1.165, 1.54) is 0 Å². The van der Waals surface area contributed by atoms with Gasteiger partial charge in [0.05, 0.1) is 6.54 Å². The lowest BCUT2D eigenvalue weighted by Crippen LogP contribution is -2.43. The van der Waals surface area contributed by atoms with Crippen molar-refractivity contribution >= 4 is 5.91 Å². The van der Waals surface area contributed by atoms with Gasteiger partial charge in [0.15, 0.2) is 0 Å². The third-order valence-electron chi connectivity index (χ3n) is 2.95. The van der Waals surface area contributed by atoms with Crippen LogP contribution in [0, 0.1) is 5.41 Å². The summed E-state index contributed by atoms with van der Waals surface area (Å²) in [5.41, 5.74) is 5.93. The van der Waals surface area contributed by atoms with Crippen molar-refractivity contribution in [3.8, 4) is 0 Å². The Morgan fingerprint density at radius 3 is 2.67 bits per heavy atom. The summed E-state index contributed by atoms with van der Waals surface area (Å²) in [7, 11) is 0. The Hall–Kier alpha value is -1.36. The quantitative estimate of drug-likeness (QED) is 0.825. The van der Waals surface area contributed by atoms with Crippen molar-refractivity contribution in [2.75, 3.05) is 0 Å². The van der Waals surface area contributed by atoms with Crippen LogP contribution >= 0.6 is 0 Å². The number of nitrogens with zero attached hydrogens (tertiary/aromatic N) is 2. The van der Waals surface area contributed by atoms with Gasteiger partial charge in [-0.3, -0.25) is 9.48 Å². The maximum atomic E-state index is 11.8. The summed E-state index contributed by atoms with van der Waals surface area (Å²) in [4.78, 5) is 11.8. The van der Waals surface area contributed by atoms with Crippen molar-refractivity contribution in [3.63, 3.8) is 0 Å². The first-order valence-corrected chi connectivity index (χ1v) is 6.31. The lowest BCUT2D eigenvalue weighted by molar-refractivity contribution is -0.122. The predicted molar refractivity (Wildman–Crippen MR) is 71.9 cm³/mol. The van der Waals surface area contributed by atoms with E-state index in [4.69, 9.17) is 5.73 Å². The molecule has 0 saturated heterocycles. The fraction of sp³-hybridized carbons (Fsp3) is 0.692. The molecule has 0 saturated carbocycles. The highest BCUT2D eigenvalue weighted by atomic mass is 16.1. The van der Waals surface area contributed by atoms with Gasteiger partial charge in [-0.2, -0.15) is 5.10 Å². The van der Waals surface area contributed by atoms with E-state index in [0.717, 1.165) is 0 Å². The molecule has 102 valence electrons. The highest BCUT2D eigenvalue weighted by Gasteiger charge is 2.23. The molecular weight excluding hydrogens is 228 g/mol. The van der Waals surface area contributed by atoms with Gasteiger partial charge in [0.25, 0.3) is 0 Å². The lowest BCUT2D eigenvalue weighted by atomic mass is 9.85. The van der Waals surface area contributed by atoms with Crippen LogP contribution in [0.25, 0.3) is 0 Å². The summed E-state index contributed by atoms with van der Waals surface area (Å²) in [5, 5.41) is 7.05. The van der Waals surface area contributed by atoms with Crippen LogP contribution in [0.2, 0.25) is 0 Å². The third-order valence-corrected chi connectivity index (χ3v) is 2.95. The number of aromatic nitrogens is 2. The van der Waals surface area contributed by atoms with E-state index in [1.54, 1.807) is 10.9 Å². The van der Waals surface area contributed by atoms with Crippen molar-refractivity contribution < 1.29 is 4.79 Å². The molecule has 5 heteroatoms. The molecule has 18 heavy (non-hydrogen) atoms. The Morgan fingerprint density at radius 1 is 1.50 bits per heavy atom. The second kappa shape index (κ2) is 6.00. The molecule has 1 amide bonds. The van der Waals surface area contributed by atoms with Gasteiger partial charge < -0.3 is 11.1 Å². The Labute approximate surface area is 109 Å². The van der Waals surface area contributed by atoms with Crippen LogP contribution in [0.4, 0.5) is 0 Å². The standard InChI is InChI=1S/C13H24N4O/c1-10(9-17-7-5-6-15-17)16-12(18)8-11(14)13(2,3)4/h5-7,10-11H,8-9,14H2,1-4H3,(H,16,18). The van der Waals surface area contributed by atoms with E-state index in [9.17, 15) is 4.79 Å². The molecule has 3 N–H and O–H groups in total. The van der Waals surface area contributed by atoms with Gasteiger partial charge in [-0.15, -0.1) is 0 Å². The first kappa shape index (κ1) is 14.7. The van der Waals surface area contributed by atoms with Crippen LogP contribution in [0.1, 0.15) is 34.1 Å². The topological polar surface area (TPSA) is 72.9 Å². The van der Waals surface area contributed by atoms with E-state index in [2.05, 4.69) is 10.4 Å². The molecule has 0 aliphatic carbocycles. The van der Waals surface area contributed by atoms with Gasteiger partial charge >= 0.3 is 0 Å². The number of rotatable bonds is 5. The predicted octanol–water partition coefficient (Wildman–Crippen LogP) is 1.15. The molecule has 0 fully saturated rings. The Kier molecular flexibility index (Phi) is 4.90. The fourth-order valence-corrected chi connectivity index (χ4v) is 1.57. The number of carbonyl (C=O) groups excluding carboxylic acids is 1. The van der Waals surface area contributed by atoms with Crippen LogP contribution < -0.4 is 11.1 Å². The zero-order valence-electron chi connectivity index (χ0n) is 11.7. The minimum absolute atomic E-state index is 0.00270. The molecule has 0 aliphatic heterocycles. The zero-order valence-corrected chi connectivity index (χ0v) is 11.7. The molecule has 1 heterocycles. The summed E-state index contributed by atoms with van der Waals surface area (Å²) in [6.45, 7) is 8.75. The molecule has 1 aromatic heterocycles. The minimum Gasteiger partial charge on any atom is -0.352 e. The highest BCUT2D eigenvalue weighted by molar-refractivity contribution is 5.76. The molecule has 2 unspecified atom stereocenters. The van der Waals surface area contributed by atoms with Gasteiger partial charge in [-0.05, 0) is 18.4 Å². The van der Waals surface area contributed by atoms with Crippen LogP contribution in [0.3, 0.4) is 0 Å². The normalized spacial score (nSPS) is 15.2. The van der Waals surface area contributed by atoms with E-state index >= 15 is 0 Å². The van der Waals surface area contributed by atoms with Crippen LogP contribution in [-0.4, -0.2) is 27.8 Å². The summed E-state index contributed by atoms with van der Waals surface area (Å²) >= 11 is 0. The third kappa shape index (κ3) is 4.87. The van der Waals surface area contributed by atoms with E-state index in [0.29, 0.717) is 13.0 Å². The number of nitrogens with one attached hydrogen (secondary N) is 1. The number of nitrogens with two attached hydrogens (primary N) is 1. The number of amides is 1. The minimum atomic E-state index is -0.130. The Balaban J connectivity index is 2.36. The Bertz CT molecular complexity index is 367. The summed E-state index contributed by atoms with van der Waals surface area (Å²) in [6.07, 6.45) is 3.96. The van der Waals surface area contributed by atoms with Crippen molar-refractivity contribution in [2.45, 2.75) is 52.7 Å². The van der Waals surface area contributed by atoms with Crippen molar-refractivity contribution in [3.05, 3.63) is 18.5 Å². The van der Waals surface area contributed by atoms with Crippen LogP contribution in [0.15, 0.2) is 18.5 Å². The van der Waals surface area contributed by atoms with Crippen molar-refractivity contribution in [2.24, 2.45) is 11.1 Å². The molecule has 1 rings (SSSR count). The number of hydrogen-bond acceptors (Lipinski definition) is 3. The smallest absolute Gasteiger partial charge is 0.221 e. The van der Waals surface area contributed by atoms with Gasteiger partial charge in [0, 0.05) is 30.9 Å². The monoisotopic (exact) mass is 252 g/mol. The first-order chi connectivity index (χ1) is 8.29. The largest absolute Gasteiger partial charge is 0.352 e. The number of carbonyl (C=O) groups is 1. The second-order valence-corrected chi connectivity index (χ2v) is 5.87. The molecule has 1 aromatic rings. The summed E-state index contributed by atoms with van der Waals surface area (Å²) in [5.74, 6) is -0.00270. The average molecular weight is 252 g/mol. The van der Waals surface area contributed by atoms with Gasteiger partial charge in [-0.1, -0.05) is 20.8 Å². The Morgan fingerprint density at radius 2 is 2.17 bits per heavy atom. The fourth-order valence-electron chi connectivity index (χ4n) is 1.57. The molecule has 0 aromatic carbocycles. The zero-order chi connectivity index (χ0) is 13.8. The van der Waals surface area contributed by atoms with E-state index in [1.807, 2.05) is 40.0 Å². The van der Waals surface area contributed by atoms with Crippen LogP contribution in [0.5, 0.6) is 0 Å². The van der Waals surface area contributed by atoms with Gasteiger partial charge in [-0.25, -0.2) is 0 Å². The number of hydrogen-bond donors (Lipinski definition) is 2. The molecule has 2 atom stereocenters. The maximum absolute atomic E-state index is 11.8. The molecule has 0 bridgehead atoms. The van der Waals surface area contributed by atoms with Crippen LogP contribution in [-0.2, 0) is 11.3 Å². The van der Waals surface area contributed by atoms with Gasteiger partial charge in [0.2, 0.25) is 5.91 Å². The maximum Gasteiger partial charge on any atom is 0.221 e. The van der Waals surface area contributed by atoms with Crippen molar-refractivity contribution in [1.29, 1.82) is 0 Å². The first-order valence-electron chi connectivity index (χ1n) is 6.31. The van der Waals surface area contributed by atoms with Crippen molar-refractivity contribution in [1.82, 2.24) is 15.1 Å². The molecule has 5 nitrogen and oxygen atoms in total.